The number of rotatable bonds is 4. The Morgan fingerprint density at radius 3 is 2.82 bits per heavy atom. The van der Waals surface area contributed by atoms with E-state index in [0.29, 0.717) is 6.42 Å². The Labute approximate surface area is 109 Å². The van der Waals surface area contributed by atoms with Crippen molar-refractivity contribution in [3.63, 3.8) is 0 Å². The average Bonchev–Trinajstić information content (AvgIpc) is 2.75. The van der Waals surface area contributed by atoms with Crippen molar-refractivity contribution >= 4 is 23.1 Å². The van der Waals surface area contributed by atoms with E-state index in [2.05, 4.69) is 0 Å². The average molecular weight is 267 g/mol. The minimum Gasteiger partial charge on any atom is -0.328 e. The van der Waals surface area contributed by atoms with E-state index in [9.17, 15) is 4.39 Å². The van der Waals surface area contributed by atoms with Gasteiger partial charge in [-0.05, 0) is 36.9 Å². The molecular weight excluding hydrogens is 253 g/mol. The highest BCUT2D eigenvalue weighted by atomic mass is 32.2. The molecule has 1 unspecified atom stereocenters. The molecule has 0 radical (unpaired) electrons. The van der Waals surface area contributed by atoms with E-state index < -0.39 is 0 Å². The molecule has 1 atom stereocenters. The molecule has 0 spiro atoms. The third-order valence-electron chi connectivity index (χ3n) is 2.31. The van der Waals surface area contributed by atoms with Gasteiger partial charge in [-0.25, -0.2) is 4.39 Å². The van der Waals surface area contributed by atoms with E-state index in [-0.39, 0.29) is 11.9 Å². The van der Waals surface area contributed by atoms with Crippen LogP contribution in [0.4, 0.5) is 4.39 Å². The Bertz CT molecular complexity index is 480. The highest BCUT2D eigenvalue weighted by Crippen LogP contribution is 2.34. The SMILES string of the molecule is CC(N)Cc1c(F)cccc1Sc1cccs1. The molecular formula is C13H14FNS2. The molecule has 1 aromatic heterocycles. The number of thiophene rings is 1. The standard InChI is InChI=1S/C13H14FNS2/c1-9(15)8-10-11(14)4-2-5-12(10)17-13-6-3-7-16-13/h2-7,9H,8,15H2,1H3. The molecule has 0 aliphatic carbocycles. The molecule has 4 heteroatoms. The second-order valence-electron chi connectivity index (χ2n) is 3.93. The van der Waals surface area contributed by atoms with Crippen molar-refractivity contribution in [3.8, 4) is 0 Å². The second kappa shape index (κ2) is 5.67. The number of hydrogen-bond donors (Lipinski definition) is 1. The van der Waals surface area contributed by atoms with Gasteiger partial charge in [-0.1, -0.05) is 23.9 Å². The van der Waals surface area contributed by atoms with Gasteiger partial charge in [-0.15, -0.1) is 11.3 Å². The lowest BCUT2D eigenvalue weighted by Gasteiger charge is -2.11. The maximum Gasteiger partial charge on any atom is 0.127 e. The zero-order valence-corrected chi connectivity index (χ0v) is 11.2. The van der Waals surface area contributed by atoms with Crippen LogP contribution < -0.4 is 5.73 Å². The van der Waals surface area contributed by atoms with Crippen LogP contribution in [-0.4, -0.2) is 6.04 Å². The van der Waals surface area contributed by atoms with E-state index in [1.165, 1.54) is 10.3 Å². The summed E-state index contributed by atoms with van der Waals surface area (Å²) in [5, 5.41) is 2.02. The molecule has 90 valence electrons. The van der Waals surface area contributed by atoms with Gasteiger partial charge in [0, 0.05) is 16.5 Å². The third kappa shape index (κ3) is 3.31. The minimum atomic E-state index is -0.163. The second-order valence-corrected chi connectivity index (χ2v) is 6.22. The predicted octanol–water partition coefficient (Wildman–Crippen LogP) is 3.93. The van der Waals surface area contributed by atoms with Gasteiger partial charge in [0.2, 0.25) is 0 Å². The zero-order chi connectivity index (χ0) is 12.3. The van der Waals surface area contributed by atoms with Gasteiger partial charge in [0.1, 0.15) is 5.82 Å². The summed E-state index contributed by atoms with van der Waals surface area (Å²) in [7, 11) is 0. The van der Waals surface area contributed by atoms with Crippen molar-refractivity contribution < 1.29 is 4.39 Å². The molecule has 1 aromatic carbocycles. The van der Waals surface area contributed by atoms with E-state index in [4.69, 9.17) is 5.73 Å². The first-order valence-electron chi connectivity index (χ1n) is 5.41. The predicted molar refractivity (Wildman–Crippen MR) is 72.2 cm³/mol. The zero-order valence-electron chi connectivity index (χ0n) is 9.52. The molecule has 17 heavy (non-hydrogen) atoms. The summed E-state index contributed by atoms with van der Waals surface area (Å²) < 4.78 is 14.9. The van der Waals surface area contributed by atoms with Gasteiger partial charge < -0.3 is 5.73 Å². The molecule has 0 bridgehead atoms. The van der Waals surface area contributed by atoms with Gasteiger partial charge in [-0.2, -0.15) is 0 Å². The Kier molecular flexibility index (Phi) is 4.20. The Hall–Kier alpha value is -0.840. The number of benzene rings is 1. The van der Waals surface area contributed by atoms with Crippen LogP contribution in [0.15, 0.2) is 44.8 Å². The molecule has 1 nitrogen and oxygen atoms in total. The molecule has 1 heterocycles. The van der Waals surface area contributed by atoms with Crippen molar-refractivity contribution in [2.45, 2.75) is 28.5 Å². The number of hydrogen-bond acceptors (Lipinski definition) is 3. The summed E-state index contributed by atoms with van der Waals surface area (Å²) >= 11 is 3.26. The van der Waals surface area contributed by atoms with Gasteiger partial charge >= 0.3 is 0 Å². The maximum atomic E-state index is 13.8. The molecule has 0 aliphatic rings. The smallest absolute Gasteiger partial charge is 0.127 e. The fourth-order valence-corrected chi connectivity index (χ4v) is 3.48. The summed E-state index contributed by atoms with van der Waals surface area (Å²) in [6, 6.07) is 9.19. The quantitative estimate of drug-likeness (QED) is 0.908. The fourth-order valence-electron chi connectivity index (χ4n) is 1.58. The van der Waals surface area contributed by atoms with Gasteiger partial charge in [0.05, 0.1) is 4.21 Å². The first kappa shape index (κ1) is 12.6. The van der Waals surface area contributed by atoms with E-state index in [1.54, 1.807) is 29.2 Å². The minimum absolute atomic E-state index is 0.0328. The number of nitrogens with two attached hydrogens (primary N) is 1. The van der Waals surface area contributed by atoms with E-state index in [0.717, 1.165) is 10.5 Å². The molecule has 2 aromatic rings. The van der Waals surface area contributed by atoms with E-state index >= 15 is 0 Å². The molecule has 2 rings (SSSR count). The molecule has 0 aliphatic heterocycles. The monoisotopic (exact) mass is 267 g/mol. The van der Waals surface area contributed by atoms with Crippen LogP contribution in [0.2, 0.25) is 0 Å². The van der Waals surface area contributed by atoms with Gasteiger partial charge in [-0.3, -0.25) is 0 Å². The van der Waals surface area contributed by atoms with Crippen LogP contribution in [0, 0.1) is 5.82 Å². The van der Waals surface area contributed by atoms with Crippen molar-refractivity contribution in [2.75, 3.05) is 0 Å². The van der Waals surface area contributed by atoms with Crippen molar-refractivity contribution in [2.24, 2.45) is 5.73 Å². The summed E-state index contributed by atoms with van der Waals surface area (Å²) in [4.78, 5) is 0.963. The Morgan fingerprint density at radius 2 is 2.18 bits per heavy atom. The molecule has 0 fully saturated rings. The van der Waals surface area contributed by atoms with Crippen molar-refractivity contribution in [1.82, 2.24) is 0 Å². The normalized spacial score (nSPS) is 12.6. The van der Waals surface area contributed by atoms with E-state index in [1.807, 2.05) is 30.5 Å². The molecule has 2 N–H and O–H groups in total. The largest absolute Gasteiger partial charge is 0.328 e. The highest BCUT2D eigenvalue weighted by molar-refractivity contribution is 8.01. The summed E-state index contributed by atoms with van der Waals surface area (Å²) in [6.45, 7) is 1.89. The van der Waals surface area contributed by atoms with Crippen LogP contribution in [0.3, 0.4) is 0 Å². The molecule has 0 saturated carbocycles. The lowest BCUT2D eigenvalue weighted by atomic mass is 10.1. The summed E-state index contributed by atoms with van der Waals surface area (Å²) in [5.41, 5.74) is 6.49. The number of halogens is 1. The maximum absolute atomic E-state index is 13.8. The third-order valence-corrected chi connectivity index (χ3v) is 4.45. The van der Waals surface area contributed by atoms with Crippen molar-refractivity contribution in [1.29, 1.82) is 0 Å². The summed E-state index contributed by atoms with van der Waals surface area (Å²) in [6.07, 6.45) is 0.570. The molecule has 0 amide bonds. The van der Waals surface area contributed by atoms with Crippen LogP contribution in [0.5, 0.6) is 0 Å². The highest BCUT2D eigenvalue weighted by Gasteiger charge is 2.11. The van der Waals surface area contributed by atoms with Crippen LogP contribution in [0.1, 0.15) is 12.5 Å². The first-order valence-corrected chi connectivity index (χ1v) is 7.11. The van der Waals surface area contributed by atoms with Gasteiger partial charge in [0.15, 0.2) is 0 Å². The van der Waals surface area contributed by atoms with Crippen molar-refractivity contribution in [3.05, 3.63) is 47.1 Å². The Morgan fingerprint density at radius 1 is 1.35 bits per heavy atom. The van der Waals surface area contributed by atoms with Crippen LogP contribution in [-0.2, 0) is 6.42 Å². The lowest BCUT2D eigenvalue weighted by Crippen LogP contribution is -2.19. The lowest BCUT2D eigenvalue weighted by molar-refractivity contribution is 0.588. The molecule has 0 saturated heterocycles. The Balaban J connectivity index is 2.29. The van der Waals surface area contributed by atoms with Gasteiger partial charge in [0.25, 0.3) is 0 Å². The topological polar surface area (TPSA) is 26.0 Å². The summed E-state index contributed by atoms with van der Waals surface area (Å²) in [5.74, 6) is -0.163. The van der Waals surface area contributed by atoms with Crippen LogP contribution >= 0.6 is 23.1 Å². The first-order chi connectivity index (χ1) is 8.16. The van der Waals surface area contributed by atoms with Crippen LogP contribution in [0.25, 0.3) is 0 Å². The fraction of sp³-hybridized carbons (Fsp3) is 0.231.